The van der Waals surface area contributed by atoms with Crippen molar-refractivity contribution in [2.24, 2.45) is 5.92 Å². The first-order chi connectivity index (χ1) is 18.2. The summed E-state index contributed by atoms with van der Waals surface area (Å²) in [7, 11) is -2.43. The van der Waals surface area contributed by atoms with Gasteiger partial charge in [-0.05, 0) is 59.5 Å². The van der Waals surface area contributed by atoms with Crippen LogP contribution in [-0.2, 0) is 21.6 Å². The van der Waals surface area contributed by atoms with Crippen LogP contribution in [0, 0.1) is 5.92 Å². The molecule has 0 aliphatic carbocycles. The second kappa shape index (κ2) is 11.2. The number of carbonyl (C=O) groups is 1. The lowest BCUT2D eigenvalue weighted by Crippen LogP contribution is -2.48. The van der Waals surface area contributed by atoms with Gasteiger partial charge in [-0.25, -0.2) is 0 Å². The zero-order chi connectivity index (χ0) is 26.8. The van der Waals surface area contributed by atoms with Gasteiger partial charge >= 0.3 is 5.97 Å². The van der Waals surface area contributed by atoms with Crippen LogP contribution in [0.3, 0.4) is 0 Å². The molecule has 0 aromatic heterocycles. The number of halogens is 1. The topological polar surface area (TPSA) is 105 Å². The Morgan fingerprint density at radius 2 is 1.79 bits per heavy atom. The molecule has 202 valence electrons. The van der Waals surface area contributed by atoms with Gasteiger partial charge in [0.15, 0.2) is 0 Å². The highest BCUT2D eigenvalue weighted by Gasteiger charge is 2.42. The van der Waals surface area contributed by atoms with Crippen LogP contribution in [0.25, 0.3) is 11.1 Å². The minimum atomic E-state index is -2.43. The maximum Gasteiger partial charge on any atom is 0.304 e. The number of hydrogen-bond donors (Lipinski definition) is 3. The normalized spacial score (nSPS) is 20.3. The largest absolute Gasteiger partial charge is 0.493 e. The molecule has 0 bridgehead atoms. The van der Waals surface area contributed by atoms with Crippen molar-refractivity contribution < 1.29 is 33.2 Å². The molecule has 0 spiro atoms. The molecular weight excluding hydrogens is 528 g/mol. The maximum absolute atomic E-state index is 11.3. The molecule has 3 aromatic carbocycles. The van der Waals surface area contributed by atoms with Crippen LogP contribution in [0.2, 0.25) is 5.02 Å². The van der Waals surface area contributed by atoms with Crippen molar-refractivity contribution in [2.45, 2.75) is 24.9 Å². The summed E-state index contributed by atoms with van der Waals surface area (Å²) in [6.07, 6.45) is 0.804. The third-order valence-electron chi connectivity index (χ3n) is 7.14. The Hall–Kier alpha value is -2.75. The van der Waals surface area contributed by atoms with Gasteiger partial charge in [0.05, 0.1) is 36.7 Å². The molecule has 3 aromatic rings. The van der Waals surface area contributed by atoms with Crippen LogP contribution in [0.4, 0.5) is 0 Å². The molecule has 2 aliphatic rings. The average molecular weight is 559 g/mol. The van der Waals surface area contributed by atoms with Gasteiger partial charge in [-0.2, -0.15) is 10.6 Å². The Balaban J connectivity index is 1.19. The summed E-state index contributed by atoms with van der Waals surface area (Å²) in [5.74, 6) is 1.52. The monoisotopic (exact) mass is 558 g/mol. The van der Waals surface area contributed by atoms with Crippen molar-refractivity contribution in [3.8, 4) is 22.6 Å². The predicted octanol–water partition coefficient (Wildman–Crippen LogP) is 6.48. The third-order valence-corrected chi connectivity index (χ3v) is 9.35. The Bertz CT molecular complexity index is 1290. The van der Waals surface area contributed by atoms with Gasteiger partial charge in [0.25, 0.3) is 0 Å². The molecule has 1 atom stereocenters. The van der Waals surface area contributed by atoms with Crippen LogP contribution in [0.15, 0.2) is 66.7 Å². The molecule has 5 rings (SSSR count). The maximum atomic E-state index is 11.3. The zero-order valence-electron chi connectivity index (χ0n) is 20.8. The summed E-state index contributed by atoms with van der Waals surface area (Å²) in [5.41, 5.74) is 3.32. The van der Waals surface area contributed by atoms with Crippen molar-refractivity contribution in [3.63, 3.8) is 0 Å². The minimum Gasteiger partial charge on any atom is -0.493 e. The van der Waals surface area contributed by atoms with Crippen molar-refractivity contribution in [2.75, 3.05) is 31.3 Å². The number of hydrogen-bond acceptors (Lipinski definition) is 6. The molecule has 1 unspecified atom stereocenters. The molecule has 0 amide bonds. The van der Waals surface area contributed by atoms with Crippen LogP contribution in [-0.4, -0.2) is 51.5 Å². The smallest absolute Gasteiger partial charge is 0.304 e. The third kappa shape index (κ3) is 6.27. The van der Waals surface area contributed by atoms with E-state index in [1.54, 1.807) is 6.07 Å². The fourth-order valence-corrected chi connectivity index (χ4v) is 7.15. The zero-order valence-corrected chi connectivity index (χ0v) is 22.4. The van der Waals surface area contributed by atoms with E-state index in [-0.39, 0.29) is 12.3 Å². The molecule has 2 saturated heterocycles. The van der Waals surface area contributed by atoms with E-state index < -0.39 is 22.0 Å². The molecule has 9 heteroatoms. The standard InChI is InChI=1S/C29H31ClO7S/c30-27-13-25(37-16-21-10-11-38(33,34)17-21)8-9-26(27)22-3-1-2-20(12-22)15-36-24-6-4-23(5-7-24)29(14-28(31)32)18-35-19-29/h1-9,12-13,21,33-34H,10-11,14-19H2,(H,31,32). The van der Waals surface area contributed by atoms with Gasteiger partial charge in [-0.15, -0.1) is 0 Å². The van der Waals surface area contributed by atoms with Gasteiger partial charge in [-0.3, -0.25) is 13.9 Å². The molecule has 2 aliphatic heterocycles. The summed E-state index contributed by atoms with van der Waals surface area (Å²) in [6, 6.07) is 21.1. The molecule has 0 saturated carbocycles. The van der Waals surface area contributed by atoms with Crippen molar-refractivity contribution in [3.05, 3.63) is 82.9 Å². The molecule has 0 radical (unpaired) electrons. The molecule has 3 N–H and O–H groups in total. The van der Waals surface area contributed by atoms with Crippen LogP contribution in [0.5, 0.6) is 11.5 Å². The van der Waals surface area contributed by atoms with Crippen LogP contribution < -0.4 is 9.47 Å². The summed E-state index contributed by atoms with van der Waals surface area (Å²) in [4.78, 5) is 11.3. The van der Waals surface area contributed by atoms with E-state index >= 15 is 0 Å². The van der Waals surface area contributed by atoms with Crippen molar-refractivity contribution in [1.29, 1.82) is 0 Å². The number of rotatable bonds is 10. The molecule has 2 fully saturated rings. The second-order valence-corrected chi connectivity index (χ2v) is 12.9. The van der Waals surface area contributed by atoms with E-state index in [9.17, 15) is 19.0 Å². The van der Waals surface area contributed by atoms with Crippen molar-refractivity contribution in [1.82, 2.24) is 0 Å². The van der Waals surface area contributed by atoms with Gasteiger partial charge in [0, 0.05) is 23.0 Å². The summed E-state index contributed by atoms with van der Waals surface area (Å²) >= 11 is 6.60. The molecule has 7 nitrogen and oxygen atoms in total. The van der Waals surface area contributed by atoms with E-state index in [0.717, 1.165) is 28.7 Å². The fourth-order valence-electron chi connectivity index (χ4n) is 4.97. The number of carboxylic acid groups (broad SMARTS) is 1. The van der Waals surface area contributed by atoms with Gasteiger partial charge < -0.3 is 19.3 Å². The quantitative estimate of drug-likeness (QED) is 0.261. The average Bonchev–Trinajstić information content (AvgIpc) is 3.22. The summed E-state index contributed by atoms with van der Waals surface area (Å²) < 4.78 is 36.8. The highest BCUT2D eigenvalue weighted by atomic mass is 35.5. The lowest BCUT2D eigenvalue weighted by molar-refractivity contribution is -0.145. The summed E-state index contributed by atoms with van der Waals surface area (Å²) in [5, 5.41) is 9.82. The van der Waals surface area contributed by atoms with Crippen LogP contribution >= 0.6 is 22.2 Å². The fraction of sp³-hybridized carbons (Fsp3) is 0.345. The molecular formula is C29H31ClO7S. The lowest BCUT2D eigenvalue weighted by atomic mass is 9.76. The van der Waals surface area contributed by atoms with Crippen LogP contribution in [0.1, 0.15) is 24.0 Å². The Morgan fingerprint density at radius 3 is 2.42 bits per heavy atom. The molecule has 2 heterocycles. The van der Waals surface area contributed by atoms with Crippen molar-refractivity contribution >= 4 is 28.2 Å². The molecule has 38 heavy (non-hydrogen) atoms. The summed E-state index contributed by atoms with van der Waals surface area (Å²) in [6.45, 7) is 1.64. The highest BCUT2D eigenvalue weighted by Crippen LogP contribution is 2.48. The van der Waals surface area contributed by atoms with Gasteiger partial charge in [0.2, 0.25) is 0 Å². The Kier molecular flexibility index (Phi) is 7.88. The van der Waals surface area contributed by atoms with E-state index in [1.807, 2.05) is 60.7 Å². The van der Waals surface area contributed by atoms with E-state index in [4.69, 9.17) is 25.8 Å². The first kappa shape index (κ1) is 26.8. The Labute approximate surface area is 228 Å². The first-order valence-electron chi connectivity index (χ1n) is 12.5. The van der Waals surface area contributed by atoms with E-state index in [1.165, 1.54) is 0 Å². The lowest BCUT2D eigenvalue weighted by Gasteiger charge is -2.40. The first-order valence-corrected chi connectivity index (χ1v) is 14.8. The van der Waals surface area contributed by atoms with Gasteiger partial charge in [0.1, 0.15) is 18.1 Å². The predicted molar refractivity (Wildman–Crippen MR) is 149 cm³/mol. The number of aliphatic carboxylic acids is 1. The highest BCUT2D eigenvalue weighted by molar-refractivity contribution is 8.24. The number of ether oxygens (including phenoxy) is 3. The van der Waals surface area contributed by atoms with E-state index in [2.05, 4.69) is 0 Å². The number of benzene rings is 3. The number of carboxylic acids is 1. The Morgan fingerprint density at radius 1 is 1.03 bits per heavy atom. The van der Waals surface area contributed by atoms with Gasteiger partial charge in [-0.1, -0.05) is 41.9 Å². The minimum absolute atomic E-state index is 0.0467. The SMILES string of the molecule is O=C(O)CC1(c2ccc(OCc3cccc(-c4ccc(OCC5CCS(O)(O)C5)cc4Cl)c3)cc2)COC1. The second-order valence-electron chi connectivity index (χ2n) is 10.1. The van der Waals surface area contributed by atoms with E-state index in [0.29, 0.717) is 54.5 Å².